The number of carbonyl (C=O) groups excluding carboxylic acids is 2. The lowest BCUT2D eigenvalue weighted by molar-refractivity contribution is -0.124. The lowest BCUT2D eigenvalue weighted by Gasteiger charge is -2.26. The van der Waals surface area contributed by atoms with Crippen molar-refractivity contribution in [1.29, 1.82) is 0 Å². The molecule has 1 unspecified atom stereocenters. The Balaban J connectivity index is 1.37. The predicted octanol–water partition coefficient (Wildman–Crippen LogP) is 1.78. The maximum Gasteiger partial charge on any atom is 0.254 e. The number of hydrogen-bond acceptors (Lipinski definition) is 5. The molecule has 0 spiro atoms. The molecule has 2 amide bonds. The van der Waals surface area contributed by atoms with Crippen LogP contribution in [-0.2, 0) is 22.5 Å². The SMILES string of the molecule is CN1CCc2cc(N3CCn4nc(NC(=O)C5CCCO5)cc43)ccc2C1=O. The van der Waals surface area contributed by atoms with Crippen LogP contribution < -0.4 is 10.2 Å². The number of rotatable bonds is 3. The molecule has 2 aromatic rings. The second-order valence-electron chi connectivity index (χ2n) is 7.57. The van der Waals surface area contributed by atoms with Gasteiger partial charge in [-0.05, 0) is 43.0 Å². The summed E-state index contributed by atoms with van der Waals surface area (Å²) in [4.78, 5) is 28.5. The van der Waals surface area contributed by atoms with Crippen LogP contribution in [0.3, 0.4) is 0 Å². The Hall–Kier alpha value is -2.87. The van der Waals surface area contributed by atoms with Gasteiger partial charge in [-0.2, -0.15) is 5.10 Å². The number of aromatic nitrogens is 2. The van der Waals surface area contributed by atoms with Gasteiger partial charge in [0.15, 0.2) is 5.82 Å². The van der Waals surface area contributed by atoms with Crippen LogP contribution in [0.15, 0.2) is 24.3 Å². The summed E-state index contributed by atoms with van der Waals surface area (Å²) < 4.78 is 7.34. The molecule has 1 N–H and O–H groups in total. The molecule has 4 heterocycles. The highest BCUT2D eigenvalue weighted by Crippen LogP contribution is 2.34. The first-order chi connectivity index (χ1) is 13.6. The van der Waals surface area contributed by atoms with E-state index < -0.39 is 0 Å². The average Bonchev–Trinajstić information content (AvgIpc) is 3.41. The van der Waals surface area contributed by atoms with Gasteiger partial charge in [0.1, 0.15) is 11.9 Å². The number of carbonyl (C=O) groups is 2. The molecule has 0 radical (unpaired) electrons. The molecular weight excluding hydrogens is 358 g/mol. The summed E-state index contributed by atoms with van der Waals surface area (Å²) in [6.07, 6.45) is 2.17. The van der Waals surface area contributed by atoms with Crippen LogP contribution >= 0.6 is 0 Å². The standard InChI is InChI=1S/C20H23N5O3/c1-23-7-6-13-11-14(4-5-15(13)20(23)27)24-8-9-25-18(24)12-17(22-25)21-19(26)16-3-2-10-28-16/h4-5,11-12,16H,2-3,6-10H2,1H3,(H,21,22,26). The zero-order valence-corrected chi connectivity index (χ0v) is 15.9. The van der Waals surface area contributed by atoms with E-state index in [1.807, 2.05) is 29.9 Å². The number of ether oxygens (including phenoxy) is 1. The quantitative estimate of drug-likeness (QED) is 0.877. The topological polar surface area (TPSA) is 79.7 Å². The van der Waals surface area contributed by atoms with E-state index in [4.69, 9.17) is 4.74 Å². The van der Waals surface area contributed by atoms with Gasteiger partial charge in [0.05, 0.1) is 6.54 Å². The molecule has 146 valence electrons. The number of nitrogens with one attached hydrogen (secondary N) is 1. The smallest absolute Gasteiger partial charge is 0.254 e. The number of amides is 2. The molecule has 0 bridgehead atoms. The van der Waals surface area contributed by atoms with Crippen molar-refractivity contribution in [3.63, 3.8) is 0 Å². The van der Waals surface area contributed by atoms with Gasteiger partial charge in [-0.15, -0.1) is 0 Å². The highest BCUT2D eigenvalue weighted by molar-refractivity contribution is 5.97. The maximum atomic E-state index is 12.3. The number of hydrogen-bond donors (Lipinski definition) is 1. The lowest BCUT2D eigenvalue weighted by Crippen LogP contribution is -2.34. The van der Waals surface area contributed by atoms with Crippen molar-refractivity contribution in [3.8, 4) is 0 Å². The molecule has 8 nitrogen and oxygen atoms in total. The molecule has 1 atom stereocenters. The second-order valence-corrected chi connectivity index (χ2v) is 7.57. The fraction of sp³-hybridized carbons (Fsp3) is 0.450. The Kier molecular flexibility index (Phi) is 4.08. The lowest BCUT2D eigenvalue weighted by atomic mass is 9.98. The predicted molar refractivity (Wildman–Crippen MR) is 104 cm³/mol. The van der Waals surface area contributed by atoms with Crippen LogP contribution in [0.5, 0.6) is 0 Å². The molecule has 28 heavy (non-hydrogen) atoms. The van der Waals surface area contributed by atoms with Gasteiger partial charge in [0.2, 0.25) is 0 Å². The normalized spacial score (nSPS) is 21.0. The van der Waals surface area contributed by atoms with Crippen molar-refractivity contribution in [2.45, 2.75) is 31.9 Å². The average molecular weight is 381 g/mol. The van der Waals surface area contributed by atoms with Crippen LogP contribution in [0.25, 0.3) is 0 Å². The van der Waals surface area contributed by atoms with Crippen molar-refractivity contribution in [2.75, 3.05) is 37.0 Å². The Labute approximate surface area is 163 Å². The van der Waals surface area contributed by atoms with E-state index in [-0.39, 0.29) is 17.9 Å². The Morgan fingerprint density at radius 3 is 2.96 bits per heavy atom. The van der Waals surface area contributed by atoms with Crippen molar-refractivity contribution in [2.24, 2.45) is 0 Å². The van der Waals surface area contributed by atoms with E-state index in [2.05, 4.69) is 21.4 Å². The fourth-order valence-corrected chi connectivity index (χ4v) is 4.17. The third kappa shape index (κ3) is 2.84. The first-order valence-electron chi connectivity index (χ1n) is 9.76. The minimum absolute atomic E-state index is 0.0818. The molecule has 1 aromatic carbocycles. The Morgan fingerprint density at radius 2 is 2.14 bits per heavy atom. The van der Waals surface area contributed by atoms with Gasteiger partial charge >= 0.3 is 0 Å². The molecule has 3 aliphatic rings. The zero-order chi connectivity index (χ0) is 19.3. The van der Waals surface area contributed by atoms with Gasteiger partial charge in [-0.3, -0.25) is 9.59 Å². The second kappa shape index (κ2) is 6.63. The van der Waals surface area contributed by atoms with Gasteiger partial charge in [0.25, 0.3) is 11.8 Å². The van der Waals surface area contributed by atoms with E-state index in [1.165, 1.54) is 0 Å². The molecule has 1 aromatic heterocycles. The summed E-state index contributed by atoms with van der Waals surface area (Å²) in [7, 11) is 1.84. The molecule has 1 saturated heterocycles. The minimum atomic E-state index is -0.371. The van der Waals surface area contributed by atoms with Crippen LogP contribution in [0.1, 0.15) is 28.8 Å². The zero-order valence-electron chi connectivity index (χ0n) is 15.9. The molecule has 3 aliphatic heterocycles. The van der Waals surface area contributed by atoms with E-state index >= 15 is 0 Å². The van der Waals surface area contributed by atoms with E-state index in [1.54, 1.807) is 4.90 Å². The van der Waals surface area contributed by atoms with Gasteiger partial charge < -0.3 is 19.9 Å². The number of anilines is 3. The third-order valence-corrected chi connectivity index (χ3v) is 5.74. The van der Waals surface area contributed by atoms with Crippen molar-refractivity contribution in [3.05, 3.63) is 35.4 Å². The van der Waals surface area contributed by atoms with Crippen molar-refractivity contribution in [1.82, 2.24) is 14.7 Å². The monoisotopic (exact) mass is 381 g/mol. The van der Waals surface area contributed by atoms with E-state index in [9.17, 15) is 9.59 Å². The number of fused-ring (bicyclic) bond motifs is 2. The summed E-state index contributed by atoms with van der Waals surface area (Å²) in [5, 5.41) is 7.39. The number of benzene rings is 1. The maximum absolute atomic E-state index is 12.3. The summed E-state index contributed by atoms with van der Waals surface area (Å²) >= 11 is 0. The molecule has 5 rings (SSSR count). The first-order valence-corrected chi connectivity index (χ1v) is 9.76. The first kappa shape index (κ1) is 17.2. The largest absolute Gasteiger partial charge is 0.368 e. The summed E-state index contributed by atoms with van der Waals surface area (Å²) in [6, 6.07) is 7.91. The van der Waals surface area contributed by atoms with Crippen LogP contribution in [-0.4, -0.2) is 59.3 Å². The van der Waals surface area contributed by atoms with Gasteiger partial charge in [-0.25, -0.2) is 4.68 Å². The number of nitrogens with zero attached hydrogens (tertiary/aromatic N) is 4. The fourth-order valence-electron chi connectivity index (χ4n) is 4.17. The highest BCUT2D eigenvalue weighted by Gasteiger charge is 2.28. The van der Waals surface area contributed by atoms with E-state index in [0.717, 1.165) is 61.5 Å². The molecule has 1 fully saturated rings. The molecule has 0 aliphatic carbocycles. The van der Waals surface area contributed by atoms with Crippen LogP contribution in [0.2, 0.25) is 0 Å². The molecule has 0 saturated carbocycles. The van der Waals surface area contributed by atoms with E-state index in [0.29, 0.717) is 12.4 Å². The van der Waals surface area contributed by atoms with Crippen molar-refractivity contribution < 1.29 is 14.3 Å². The number of likely N-dealkylation sites (N-methyl/N-ethyl adjacent to an activating group) is 1. The van der Waals surface area contributed by atoms with Gasteiger partial charge in [0, 0.05) is 44.1 Å². The highest BCUT2D eigenvalue weighted by atomic mass is 16.5. The Morgan fingerprint density at radius 1 is 1.25 bits per heavy atom. The van der Waals surface area contributed by atoms with Gasteiger partial charge in [-0.1, -0.05) is 0 Å². The summed E-state index contributed by atoms with van der Waals surface area (Å²) in [5.74, 6) is 1.45. The van der Waals surface area contributed by atoms with Crippen LogP contribution in [0, 0.1) is 0 Å². The molecule has 8 heteroatoms. The Bertz CT molecular complexity index is 947. The summed E-state index contributed by atoms with van der Waals surface area (Å²) in [6.45, 7) is 2.95. The summed E-state index contributed by atoms with van der Waals surface area (Å²) in [5.41, 5.74) is 2.92. The third-order valence-electron chi connectivity index (χ3n) is 5.74. The molecular formula is C20H23N5O3. The minimum Gasteiger partial charge on any atom is -0.368 e. The van der Waals surface area contributed by atoms with Crippen LogP contribution in [0.4, 0.5) is 17.3 Å². The van der Waals surface area contributed by atoms with Crippen molar-refractivity contribution >= 4 is 29.1 Å².